The predicted molar refractivity (Wildman–Crippen MR) is 72.9 cm³/mol. The second kappa shape index (κ2) is 6.72. The fourth-order valence-corrected chi connectivity index (χ4v) is 2.71. The highest BCUT2D eigenvalue weighted by Crippen LogP contribution is 2.34. The van der Waals surface area contributed by atoms with E-state index in [2.05, 4.69) is 0 Å². The standard InChI is InChI=1S/C15H18O7/c16-12(17)8-19-10-6-13(18)21-11-7-20-15(22-14(10)11)9-4-2-1-3-5-9/h1-5,10-11,13-15,18H,6-8H2,(H,16,17)/t10-,11-,13+,14+,15?/m1/s1. The van der Waals surface area contributed by atoms with Crippen molar-refractivity contribution in [3.05, 3.63) is 35.9 Å². The highest BCUT2D eigenvalue weighted by atomic mass is 16.7. The fourth-order valence-electron chi connectivity index (χ4n) is 2.71. The Morgan fingerprint density at radius 2 is 2.05 bits per heavy atom. The van der Waals surface area contributed by atoms with Gasteiger partial charge in [0.1, 0.15) is 18.8 Å². The van der Waals surface area contributed by atoms with Crippen LogP contribution < -0.4 is 0 Å². The van der Waals surface area contributed by atoms with Crippen molar-refractivity contribution in [2.24, 2.45) is 0 Å². The lowest BCUT2D eigenvalue weighted by Crippen LogP contribution is -2.55. The van der Waals surface area contributed by atoms with E-state index in [0.29, 0.717) is 0 Å². The third-order valence-corrected chi connectivity index (χ3v) is 3.68. The Balaban J connectivity index is 1.71. The Hall–Kier alpha value is -1.51. The van der Waals surface area contributed by atoms with Gasteiger partial charge < -0.3 is 29.2 Å². The quantitative estimate of drug-likeness (QED) is 0.844. The molecule has 1 unspecified atom stereocenters. The highest BCUT2D eigenvalue weighted by Gasteiger charge is 2.44. The molecule has 22 heavy (non-hydrogen) atoms. The van der Waals surface area contributed by atoms with Crippen molar-refractivity contribution in [3.8, 4) is 0 Å². The largest absolute Gasteiger partial charge is 0.480 e. The van der Waals surface area contributed by atoms with Gasteiger partial charge in [0, 0.05) is 12.0 Å². The summed E-state index contributed by atoms with van der Waals surface area (Å²) in [7, 11) is 0. The first-order valence-electron chi connectivity index (χ1n) is 7.12. The number of hydrogen-bond acceptors (Lipinski definition) is 6. The lowest BCUT2D eigenvalue weighted by molar-refractivity contribution is -0.335. The number of hydrogen-bond donors (Lipinski definition) is 2. The summed E-state index contributed by atoms with van der Waals surface area (Å²) in [5.41, 5.74) is 0.865. The molecule has 2 aliphatic rings. The van der Waals surface area contributed by atoms with Gasteiger partial charge in [-0.3, -0.25) is 0 Å². The van der Waals surface area contributed by atoms with Gasteiger partial charge in [0.05, 0.1) is 12.7 Å². The first kappa shape index (κ1) is 15.4. The Morgan fingerprint density at radius 1 is 1.27 bits per heavy atom. The van der Waals surface area contributed by atoms with Crippen LogP contribution in [0, 0.1) is 0 Å². The number of benzene rings is 1. The molecule has 1 aromatic rings. The molecular formula is C15H18O7. The van der Waals surface area contributed by atoms with Gasteiger partial charge in [0.2, 0.25) is 0 Å². The SMILES string of the molecule is O=C(O)CO[C@@H]1C[C@@H](O)O[C@@H]2COC(c3ccccc3)O[C@@H]12. The predicted octanol–water partition coefficient (Wildman–Crippen LogP) is 0.678. The maximum Gasteiger partial charge on any atom is 0.329 e. The lowest BCUT2D eigenvalue weighted by atomic mass is 10.00. The minimum absolute atomic E-state index is 0.163. The fraction of sp³-hybridized carbons (Fsp3) is 0.533. The zero-order chi connectivity index (χ0) is 15.5. The summed E-state index contributed by atoms with van der Waals surface area (Å²) in [6.45, 7) is -0.199. The molecule has 120 valence electrons. The molecule has 1 aromatic carbocycles. The first-order valence-corrected chi connectivity index (χ1v) is 7.12. The molecule has 2 N–H and O–H groups in total. The number of carboxylic acid groups (broad SMARTS) is 1. The molecule has 0 spiro atoms. The van der Waals surface area contributed by atoms with Crippen LogP contribution in [0.1, 0.15) is 18.3 Å². The van der Waals surface area contributed by atoms with Gasteiger partial charge in [-0.05, 0) is 0 Å². The van der Waals surface area contributed by atoms with Crippen LogP contribution in [0.25, 0.3) is 0 Å². The van der Waals surface area contributed by atoms with Crippen LogP contribution in [0.2, 0.25) is 0 Å². The molecular weight excluding hydrogens is 292 g/mol. The Labute approximate surface area is 127 Å². The van der Waals surface area contributed by atoms with Gasteiger partial charge in [0.15, 0.2) is 12.6 Å². The van der Waals surface area contributed by atoms with Crippen molar-refractivity contribution in [2.75, 3.05) is 13.2 Å². The van der Waals surface area contributed by atoms with E-state index < -0.39 is 43.5 Å². The summed E-state index contributed by atoms with van der Waals surface area (Å²) in [5, 5.41) is 18.5. The van der Waals surface area contributed by atoms with Crippen LogP contribution >= 0.6 is 0 Å². The normalized spacial score (nSPS) is 34.9. The number of rotatable bonds is 4. The molecule has 2 heterocycles. The highest BCUT2D eigenvalue weighted by molar-refractivity contribution is 5.68. The molecule has 5 atom stereocenters. The first-order chi connectivity index (χ1) is 10.6. The van der Waals surface area contributed by atoms with Crippen LogP contribution in [-0.4, -0.2) is 54.0 Å². The average molecular weight is 310 g/mol. The summed E-state index contributed by atoms with van der Waals surface area (Å²) >= 11 is 0. The molecule has 7 nitrogen and oxygen atoms in total. The number of fused-ring (bicyclic) bond motifs is 1. The van der Waals surface area contributed by atoms with Gasteiger partial charge in [-0.25, -0.2) is 4.79 Å². The second-order valence-electron chi connectivity index (χ2n) is 5.28. The van der Waals surface area contributed by atoms with Crippen LogP contribution in [0.5, 0.6) is 0 Å². The van der Waals surface area contributed by atoms with E-state index in [0.717, 1.165) is 5.56 Å². The lowest BCUT2D eigenvalue weighted by Gasteiger charge is -2.44. The molecule has 3 rings (SSSR count). The molecule has 7 heteroatoms. The molecule has 0 aromatic heterocycles. The molecule has 2 saturated heterocycles. The minimum Gasteiger partial charge on any atom is -0.480 e. The van der Waals surface area contributed by atoms with Gasteiger partial charge >= 0.3 is 5.97 Å². The van der Waals surface area contributed by atoms with E-state index in [1.807, 2.05) is 30.3 Å². The molecule has 0 amide bonds. The Morgan fingerprint density at radius 3 is 2.77 bits per heavy atom. The smallest absolute Gasteiger partial charge is 0.329 e. The van der Waals surface area contributed by atoms with E-state index in [4.69, 9.17) is 24.1 Å². The van der Waals surface area contributed by atoms with Gasteiger partial charge in [0.25, 0.3) is 0 Å². The molecule has 0 saturated carbocycles. The third-order valence-electron chi connectivity index (χ3n) is 3.68. The minimum atomic E-state index is -1.07. The van der Waals surface area contributed by atoms with E-state index in [1.54, 1.807) is 0 Å². The third kappa shape index (κ3) is 3.45. The van der Waals surface area contributed by atoms with Crippen LogP contribution in [0.4, 0.5) is 0 Å². The summed E-state index contributed by atoms with van der Waals surface area (Å²) in [5.74, 6) is -1.07. The van der Waals surface area contributed by atoms with Gasteiger partial charge in [-0.1, -0.05) is 30.3 Å². The monoisotopic (exact) mass is 310 g/mol. The molecule has 0 radical (unpaired) electrons. The topological polar surface area (TPSA) is 94.5 Å². The maximum atomic E-state index is 10.7. The van der Waals surface area contributed by atoms with E-state index in [-0.39, 0.29) is 13.0 Å². The molecule has 2 aliphatic heterocycles. The van der Waals surface area contributed by atoms with Crippen molar-refractivity contribution in [1.29, 1.82) is 0 Å². The molecule has 0 bridgehead atoms. The number of carbonyl (C=O) groups is 1. The van der Waals surface area contributed by atoms with Crippen LogP contribution in [-0.2, 0) is 23.7 Å². The zero-order valence-corrected chi connectivity index (χ0v) is 11.8. The summed E-state index contributed by atoms with van der Waals surface area (Å²) in [4.78, 5) is 10.7. The number of ether oxygens (including phenoxy) is 4. The number of carboxylic acids is 1. The Bertz CT molecular complexity index is 506. The summed E-state index contributed by atoms with van der Waals surface area (Å²) in [6, 6.07) is 9.43. The Kier molecular flexibility index (Phi) is 4.70. The zero-order valence-electron chi connectivity index (χ0n) is 11.8. The van der Waals surface area contributed by atoms with Crippen LogP contribution in [0.15, 0.2) is 30.3 Å². The molecule has 2 fully saturated rings. The van der Waals surface area contributed by atoms with Crippen molar-refractivity contribution in [3.63, 3.8) is 0 Å². The summed E-state index contributed by atoms with van der Waals surface area (Å²) < 4.78 is 22.3. The average Bonchev–Trinajstić information content (AvgIpc) is 2.53. The van der Waals surface area contributed by atoms with E-state index in [9.17, 15) is 9.90 Å². The number of aliphatic carboxylic acids is 1. The molecule has 0 aliphatic carbocycles. The van der Waals surface area contributed by atoms with Gasteiger partial charge in [-0.15, -0.1) is 0 Å². The van der Waals surface area contributed by atoms with E-state index >= 15 is 0 Å². The number of aliphatic hydroxyl groups excluding tert-OH is 1. The maximum absolute atomic E-state index is 10.7. The van der Waals surface area contributed by atoms with Gasteiger partial charge in [-0.2, -0.15) is 0 Å². The van der Waals surface area contributed by atoms with Crippen molar-refractivity contribution >= 4 is 5.97 Å². The van der Waals surface area contributed by atoms with Crippen LogP contribution in [0.3, 0.4) is 0 Å². The van der Waals surface area contributed by atoms with Crippen molar-refractivity contribution < 1.29 is 34.0 Å². The number of aliphatic hydroxyl groups is 1. The second-order valence-corrected chi connectivity index (χ2v) is 5.28. The van der Waals surface area contributed by atoms with Crippen molar-refractivity contribution in [1.82, 2.24) is 0 Å². The van der Waals surface area contributed by atoms with Crippen molar-refractivity contribution in [2.45, 2.75) is 37.3 Å². The summed E-state index contributed by atoms with van der Waals surface area (Å²) in [6.07, 6.45) is -2.93. The van der Waals surface area contributed by atoms with E-state index in [1.165, 1.54) is 0 Å².